The summed E-state index contributed by atoms with van der Waals surface area (Å²) >= 11 is 0. The standard InChI is InChI=1S/C30H42N4O5/c35-27(34-14-18-39-19-15-34)22-33-13-9-25-24(21-33)8-4-5-10-30(11-16-38-17-12-30)29(37)32-26(28(36)31-25)20-23-6-2-1-3-7-23/h1-7,24-26H,8-22H2,(H,31,36)(H,32,37)/t24-,25+,26-/m1/s1. The zero-order chi connectivity index (χ0) is 27.1. The maximum absolute atomic E-state index is 13.7. The predicted molar refractivity (Wildman–Crippen MR) is 147 cm³/mol. The van der Waals surface area contributed by atoms with E-state index in [-0.39, 0.29) is 29.7 Å². The first-order chi connectivity index (χ1) is 19.0. The molecule has 39 heavy (non-hydrogen) atoms. The number of piperidine rings is 1. The summed E-state index contributed by atoms with van der Waals surface area (Å²) in [6.45, 7) is 5.50. The molecule has 0 saturated carbocycles. The number of rotatable bonds is 4. The second kappa shape index (κ2) is 13.1. The third-order valence-corrected chi connectivity index (χ3v) is 8.82. The number of allylic oxidation sites excluding steroid dienone is 2. The molecule has 4 heterocycles. The first kappa shape index (κ1) is 27.8. The fourth-order valence-corrected chi connectivity index (χ4v) is 6.30. The highest BCUT2D eigenvalue weighted by molar-refractivity contribution is 5.90. The lowest BCUT2D eigenvalue weighted by atomic mass is 9.75. The molecule has 5 rings (SSSR count). The van der Waals surface area contributed by atoms with Crippen molar-refractivity contribution in [1.82, 2.24) is 20.4 Å². The molecular weight excluding hydrogens is 496 g/mol. The van der Waals surface area contributed by atoms with Crippen LogP contribution in [0.3, 0.4) is 0 Å². The predicted octanol–water partition coefficient (Wildman–Crippen LogP) is 1.53. The number of fused-ring (bicyclic) bond motifs is 1. The van der Waals surface area contributed by atoms with Crippen LogP contribution in [0.1, 0.15) is 37.7 Å². The van der Waals surface area contributed by atoms with Crippen LogP contribution in [-0.2, 0) is 30.3 Å². The summed E-state index contributed by atoms with van der Waals surface area (Å²) in [5.74, 6) is 0.151. The van der Waals surface area contributed by atoms with E-state index in [9.17, 15) is 14.4 Å². The molecule has 9 heteroatoms. The fourth-order valence-electron chi connectivity index (χ4n) is 6.30. The molecule has 0 bridgehead atoms. The van der Waals surface area contributed by atoms with Gasteiger partial charge in [-0.2, -0.15) is 0 Å². The molecule has 2 N–H and O–H groups in total. The summed E-state index contributed by atoms with van der Waals surface area (Å²) in [6.07, 6.45) is 8.26. The Kier molecular flexibility index (Phi) is 9.32. The van der Waals surface area contributed by atoms with Gasteiger partial charge in [0.05, 0.1) is 25.2 Å². The molecule has 3 amide bonds. The summed E-state index contributed by atoms with van der Waals surface area (Å²) in [4.78, 5) is 44.4. The monoisotopic (exact) mass is 538 g/mol. The highest BCUT2D eigenvalue weighted by Crippen LogP contribution is 2.36. The Bertz CT molecular complexity index is 1020. The second-order valence-electron chi connectivity index (χ2n) is 11.4. The van der Waals surface area contributed by atoms with Gasteiger partial charge in [-0.1, -0.05) is 42.5 Å². The van der Waals surface area contributed by atoms with Crippen molar-refractivity contribution < 1.29 is 23.9 Å². The SMILES string of the molecule is O=C1N[C@H]2CCN(CC(=O)N3CCOCC3)C[C@H]2CC=CCC2(CCOCC2)C(=O)N[C@@H]1Cc1ccccc1. The maximum atomic E-state index is 13.7. The van der Waals surface area contributed by atoms with Crippen molar-refractivity contribution in [3.63, 3.8) is 0 Å². The average Bonchev–Trinajstić information content (AvgIpc) is 2.97. The van der Waals surface area contributed by atoms with E-state index in [0.717, 1.165) is 31.5 Å². The van der Waals surface area contributed by atoms with Crippen LogP contribution in [0.25, 0.3) is 0 Å². The van der Waals surface area contributed by atoms with Crippen molar-refractivity contribution in [2.45, 2.75) is 50.6 Å². The summed E-state index contributed by atoms with van der Waals surface area (Å²) < 4.78 is 11.0. The topological polar surface area (TPSA) is 100 Å². The molecule has 0 radical (unpaired) electrons. The Morgan fingerprint density at radius 1 is 0.949 bits per heavy atom. The summed E-state index contributed by atoms with van der Waals surface area (Å²) in [5, 5.41) is 6.45. The molecular formula is C30H42N4O5. The molecule has 4 aliphatic heterocycles. The lowest BCUT2D eigenvalue weighted by molar-refractivity contribution is -0.140. The quantitative estimate of drug-likeness (QED) is 0.564. The van der Waals surface area contributed by atoms with Gasteiger partial charge in [-0.3, -0.25) is 19.3 Å². The van der Waals surface area contributed by atoms with Crippen LogP contribution in [0.15, 0.2) is 42.5 Å². The highest BCUT2D eigenvalue weighted by Gasteiger charge is 2.41. The Labute approximate surface area is 231 Å². The van der Waals surface area contributed by atoms with Gasteiger partial charge in [-0.05, 0) is 43.6 Å². The van der Waals surface area contributed by atoms with E-state index in [1.54, 1.807) is 0 Å². The number of nitrogens with one attached hydrogen (secondary N) is 2. The van der Waals surface area contributed by atoms with Gasteiger partial charge in [-0.25, -0.2) is 0 Å². The zero-order valence-corrected chi connectivity index (χ0v) is 22.8. The maximum Gasteiger partial charge on any atom is 0.243 e. The van der Waals surface area contributed by atoms with Crippen LogP contribution in [0.5, 0.6) is 0 Å². The van der Waals surface area contributed by atoms with Gasteiger partial charge in [-0.15, -0.1) is 0 Å². The lowest BCUT2D eigenvalue weighted by Gasteiger charge is -2.41. The number of hydrogen-bond acceptors (Lipinski definition) is 6. The highest BCUT2D eigenvalue weighted by atomic mass is 16.5. The number of carbonyl (C=O) groups excluding carboxylic acids is 3. The van der Waals surface area contributed by atoms with E-state index in [1.807, 2.05) is 35.2 Å². The Morgan fingerprint density at radius 2 is 1.69 bits per heavy atom. The van der Waals surface area contributed by atoms with Gasteiger partial charge in [0.25, 0.3) is 0 Å². The minimum Gasteiger partial charge on any atom is -0.381 e. The van der Waals surface area contributed by atoms with Crippen molar-refractivity contribution in [2.75, 3.05) is 59.2 Å². The number of carbonyl (C=O) groups is 3. The Hall–Kier alpha value is -2.75. The van der Waals surface area contributed by atoms with Crippen molar-refractivity contribution in [3.8, 4) is 0 Å². The molecule has 0 unspecified atom stereocenters. The van der Waals surface area contributed by atoms with Crippen LogP contribution >= 0.6 is 0 Å². The fraction of sp³-hybridized carbons (Fsp3) is 0.633. The van der Waals surface area contributed by atoms with E-state index in [2.05, 4.69) is 27.7 Å². The van der Waals surface area contributed by atoms with Gasteiger partial charge >= 0.3 is 0 Å². The van der Waals surface area contributed by atoms with E-state index in [1.165, 1.54) is 0 Å². The normalized spacial score (nSPS) is 28.5. The number of amides is 3. The molecule has 212 valence electrons. The molecule has 0 aromatic heterocycles. The number of benzene rings is 1. The van der Waals surface area contributed by atoms with E-state index in [4.69, 9.17) is 9.47 Å². The smallest absolute Gasteiger partial charge is 0.243 e. The summed E-state index contributed by atoms with van der Waals surface area (Å²) in [7, 11) is 0. The molecule has 9 nitrogen and oxygen atoms in total. The number of likely N-dealkylation sites (tertiary alicyclic amines) is 1. The van der Waals surface area contributed by atoms with Gasteiger partial charge in [0, 0.05) is 51.9 Å². The van der Waals surface area contributed by atoms with E-state index in [0.29, 0.717) is 71.7 Å². The van der Waals surface area contributed by atoms with Crippen molar-refractivity contribution >= 4 is 17.7 Å². The van der Waals surface area contributed by atoms with Gasteiger partial charge in [0.1, 0.15) is 6.04 Å². The molecule has 4 aliphatic rings. The molecule has 1 aromatic carbocycles. The third-order valence-electron chi connectivity index (χ3n) is 8.82. The first-order valence-corrected chi connectivity index (χ1v) is 14.5. The first-order valence-electron chi connectivity index (χ1n) is 14.5. The molecule has 1 aromatic rings. The van der Waals surface area contributed by atoms with Crippen LogP contribution in [0.4, 0.5) is 0 Å². The van der Waals surface area contributed by atoms with Crippen molar-refractivity contribution in [1.29, 1.82) is 0 Å². The Balaban J connectivity index is 1.33. The summed E-state index contributed by atoms with van der Waals surface area (Å²) in [5.41, 5.74) is 0.449. The van der Waals surface area contributed by atoms with E-state index < -0.39 is 11.5 Å². The molecule has 3 fully saturated rings. The molecule has 0 aliphatic carbocycles. The number of ether oxygens (including phenoxy) is 2. The minimum absolute atomic E-state index is 0.0106. The van der Waals surface area contributed by atoms with Gasteiger partial charge < -0.3 is 25.0 Å². The zero-order valence-electron chi connectivity index (χ0n) is 22.8. The largest absolute Gasteiger partial charge is 0.381 e. The number of nitrogens with zero attached hydrogens (tertiary/aromatic N) is 2. The van der Waals surface area contributed by atoms with Crippen molar-refractivity contribution in [3.05, 3.63) is 48.0 Å². The van der Waals surface area contributed by atoms with Crippen LogP contribution in [-0.4, -0.2) is 98.8 Å². The van der Waals surface area contributed by atoms with Crippen molar-refractivity contribution in [2.24, 2.45) is 11.3 Å². The Morgan fingerprint density at radius 3 is 2.46 bits per heavy atom. The van der Waals surface area contributed by atoms with Crippen LogP contribution < -0.4 is 10.6 Å². The van der Waals surface area contributed by atoms with Crippen LogP contribution in [0, 0.1) is 11.3 Å². The van der Waals surface area contributed by atoms with E-state index >= 15 is 0 Å². The van der Waals surface area contributed by atoms with Crippen LogP contribution in [0.2, 0.25) is 0 Å². The minimum atomic E-state index is -0.649. The molecule has 3 atom stereocenters. The molecule has 1 spiro atoms. The molecule has 3 saturated heterocycles. The number of hydrogen-bond donors (Lipinski definition) is 2. The number of morpholine rings is 1. The second-order valence-corrected chi connectivity index (χ2v) is 11.4. The lowest BCUT2D eigenvalue weighted by Crippen LogP contribution is -2.58. The third kappa shape index (κ3) is 7.07. The average molecular weight is 539 g/mol. The van der Waals surface area contributed by atoms with Gasteiger partial charge in [0.15, 0.2) is 0 Å². The van der Waals surface area contributed by atoms with Gasteiger partial charge in [0.2, 0.25) is 17.7 Å². The summed E-state index contributed by atoms with van der Waals surface area (Å²) in [6, 6.07) is 9.20.